The molecule has 1 aliphatic rings. The van der Waals surface area contributed by atoms with Crippen LogP contribution in [0.5, 0.6) is 11.5 Å². The molecule has 3 amide bonds. The third kappa shape index (κ3) is 4.42. The van der Waals surface area contributed by atoms with Crippen molar-refractivity contribution in [3.8, 4) is 11.5 Å². The van der Waals surface area contributed by atoms with Crippen molar-refractivity contribution in [3.05, 3.63) is 40.5 Å². The molecule has 1 heterocycles. The van der Waals surface area contributed by atoms with E-state index in [4.69, 9.17) is 14.6 Å². The molecule has 0 unspecified atom stereocenters. The van der Waals surface area contributed by atoms with Crippen LogP contribution in [0.3, 0.4) is 0 Å². The lowest BCUT2D eigenvalue weighted by atomic mass is 10.1. The van der Waals surface area contributed by atoms with Crippen molar-refractivity contribution >= 4 is 39.9 Å². The fourth-order valence-electron chi connectivity index (χ4n) is 2.20. The number of carboxylic acids is 1. The topological polar surface area (TPSA) is 105 Å². The number of hydrogen-bond donors (Lipinski definition) is 2. The van der Waals surface area contributed by atoms with Gasteiger partial charge in [0.25, 0.3) is 5.91 Å². The van der Waals surface area contributed by atoms with Gasteiger partial charge in [-0.25, -0.2) is 9.59 Å². The molecule has 0 radical (unpaired) electrons. The second-order valence-electron chi connectivity index (χ2n) is 5.13. The van der Waals surface area contributed by atoms with Gasteiger partial charge in [-0.05, 0) is 30.7 Å². The normalized spacial score (nSPS) is 15.2. The number of amides is 3. The van der Waals surface area contributed by atoms with Gasteiger partial charge in [0.1, 0.15) is 5.70 Å². The van der Waals surface area contributed by atoms with Crippen LogP contribution < -0.4 is 14.8 Å². The first-order valence-electron chi connectivity index (χ1n) is 7.63. The number of carbonyl (C=O) groups excluding carboxylic acids is 2. The second kappa shape index (κ2) is 8.52. The standard InChI is InChI=1S/C17H17BrN2O6/c1-3-5-20-16(23)12(19-17(20)24)6-10-7-13(25-4-2)14(8-11(10)18)26-9-15(21)22/h3,6-8H,1,4-5,9H2,2H3,(H,19,24)(H,21,22)/b12-6+. The zero-order chi connectivity index (χ0) is 19.3. The Hall–Kier alpha value is -2.81. The van der Waals surface area contributed by atoms with E-state index >= 15 is 0 Å². The lowest BCUT2D eigenvalue weighted by Gasteiger charge is -2.13. The summed E-state index contributed by atoms with van der Waals surface area (Å²) < 4.78 is 11.2. The van der Waals surface area contributed by atoms with Crippen LogP contribution in [0.4, 0.5) is 4.79 Å². The van der Waals surface area contributed by atoms with Crippen LogP contribution in [0, 0.1) is 0 Å². The zero-order valence-electron chi connectivity index (χ0n) is 14.0. The van der Waals surface area contributed by atoms with Crippen LogP contribution >= 0.6 is 15.9 Å². The van der Waals surface area contributed by atoms with Gasteiger partial charge in [-0.1, -0.05) is 22.0 Å². The minimum atomic E-state index is -1.11. The number of nitrogens with one attached hydrogen (secondary N) is 1. The Morgan fingerprint density at radius 2 is 2.04 bits per heavy atom. The van der Waals surface area contributed by atoms with Crippen LogP contribution in [0.1, 0.15) is 12.5 Å². The van der Waals surface area contributed by atoms with Gasteiger partial charge in [-0.3, -0.25) is 9.69 Å². The molecule has 1 aromatic carbocycles. The number of ether oxygens (including phenoxy) is 2. The first-order chi connectivity index (χ1) is 12.4. The van der Waals surface area contributed by atoms with Crippen LogP contribution in [-0.2, 0) is 9.59 Å². The molecule has 9 heteroatoms. The zero-order valence-corrected chi connectivity index (χ0v) is 15.5. The number of urea groups is 1. The van der Waals surface area contributed by atoms with Crippen molar-refractivity contribution in [3.63, 3.8) is 0 Å². The summed E-state index contributed by atoms with van der Waals surface area (Å²) in [5.74, 6) is -1.01. The third-order valence-corrected chi connectivity index (χ3v) is 3.97. The van der Waals surface area contributed by atoms with E-state index in [1.165, 1.54) is 12.2 Å². The van der Waals surface area contributed by atoms with Crippen molar-refractivity contribution < 1.29 is 29.0 Å². The number of aliphatic carboxylic acids is 1. The van der Waals surface area contributed by atoms with Crippen molar-refractivity contribution in [2.45, 2.75) is 6.92 Å². The molecule has 1 aliphatic heterocycles. The van der Waals surface area contributed by atoms with Gasteiger partial charge in [-0.15, -0.1) is 6.58 Å². The molecule has 1 saturated heterocycles. The highest BCUT2D eigenvalue weighted by Crippen LogP contribution is 2.35. The number of hydrogen-bond acceptors (Lipinski definition) is 5. The van der Waals surface area contributed by atoms with Crippen LogP contribution in [0.15, 0.2) is 35.0 Å². The van der Waals surface area contributed by atoms with Crippen molar-refractivity contribution in [2.75, 3.05) is 19.8 Å². The highest BCUT2D eigenvalue weighted by atomic mass is 79.9. The number of benzene rings is 1. The molecule has 0 spiro atoms. The van der Waals surface area contributed by atoms with Crippen LogP contribution in [0.25, 0.3) is 6.08 Å². The molecule has 8 nitrogen and oxygen atoms in total. The quantitative estimate of drug-likeness (QED) is 0.377. The summed E-state index contributed by atoms with van der Waals surface area (Å²) in [5, 5.41) is 11.3. The minimum absolute atomic E-state index is 0.106. The highest BCUT2D eigenvalue weighted by molar-refractivity contribution is 9.10. The molecule has 0 atom stereocenters. The smallest absolute Gasteiger partial charge is 0.341 e. The number of carbonyl (C=O) groups is 3. The Morgan fingerprint density at radius 1 is 1.35 bits per heavy atom. The molecule has 1 fully saturated rings. The van der Waals surface area contributed by atoms with Gasteiger partial charge < -0.3 is 19.9 Å². The molecule has 138 valence electrons. The molecular formula is C17H17BrN2O6. The van der Waals surface area contributed by atoms with Gasteiger partial charge in [0.05, 0.1) is 6.61 Å². The average molecular weight is 425 g/mol. The molecular weight excluding hydrogens is 408 g/mol. The molecule has 0 aromatic heterocycles. The number of nitrogens with zero attached hydrogens (tertiary/aromatic N) is 1. The van der Waals surface area contributed by atoms with Crippen LogP contribution in [-0.4, -0.2) is 47.7 Å². The lowest BCUT2D eigenvalue weighted by Crippen LogP contribution is -2.30. The maximum absolute atomic E-state index is 12.3. The van der Waals surface area contributed by atoms with Gasteiger partial charge in [0.15, 0.2) is 18.1 Å². The van der Waals surface area contributed by atoms with Crippen molar-refractivity contribution in [1.29, 1.82) is 0 Å². The molecule has 2 N–H and O–H groups in total. The maximum atomic E-state index is 12.3. The first kappa shape index (κ1) is 19.5. The summed E-state index contributed by atoms with van der Waals surface area (Å²) in [6, 6.07) is 2.61. The third-order valence-electron chi connectivity index (χ3n) is 3.29. The predicted molar refractivity (Wildman–Crippen MR) is 96.9 cm³/mol. The molecule has 2 rings (SSSR count). The first-order valence-corrected chi connectivity index (χ1v) is 8.43. The summed E-state index contributed by atoms with van der Waals surface area (Å²) in [6.45, 7) is 5.22. The maximum Gasteiger partial charge on any atom is 0.341 e. The monoisotopic (exact) mass is 424 g/mol. The SMILES string of the molecule is C=CCN1C(=O)N/C(=C/c2cc(OCC)c(OCC(=O)O)cc2Br)C1=O. The van der Waals surface area contributed by atoms with E-state index in [1.54, 1.807) is 19.1 Å². The highest BCUT2D eigenvalue weighted by Gasteiger charge is 2.32. The van der Waals surface area contributed by atoms with E-state index in [9.17, 15) is 14.4 Å². The van der Waals surface area contributed by atoms with Gasteiger partial charge in [0.2, 0.25) is 0 Å². The molecule has 0 bridgehead atoms. The molecule has 1 aromatic rings. The fraction of sp³-hybridized carbons (Fsp3) is 0.235. The largest absolute Gasteiger partial charge is 0.490 e. The summed E-state index contributed by atoms with van der Waals surface area (Å²) in [5.41, 5.74) is 0.666. The summed E-state index contributed by atoms with van der Waals surface area (Å²) >= 11 is 3.35. The van der Waals surface area contributed by atoms with Gasteiger partial charge in [-0.2, -0.15) is 0 Å². The van der Waals surface area contributed by atoms with Crippen molar-refractivity contribution in [2.24, 2.45) is 0 Å². The summed E-state index contributed by atoms with van der Waals surface area (Å²) in [7, 11) is 0. The Balaban J connectivity index is 2.36. The Morgan fingerprint density at radius 3 is 2.65 bits per heavy atom. The van der Waals surface area contributed by atoms with Gasteiger partial charge >= 0.3 is 12.0 Å². The number of carboxylic acid groups (broad SMARTS) is 1. The second-order valence-corrected chi connectivity index (χ2v) is 5.98. The average Bonchev–Trinajstić information content (AvgIpc) is 2.84. The Kier molecular flexibility index (Phi) is 6.40. The lowest BCUT2D eigenvalue weighted by molar-refractivity contribution is -0.139. The van der Waals surface area contributed by atoms with Crippen LogP contribution in [0.2, 0.25) is 0 Å². The molecule has 0 aliphatic carbocycles. The van der Waals surface area contributed by atoms with Gasteiger partial charge in [0, 0.05) is 11.0 Å². The summed E-state index contributed by atoms with van der Waals surface area (Å²) in [4.78, 5) is 35.8. The van der Waals surface area contributed by atoms with Crippen molar-refractivity contribution in [1.82, 2.24) is 10.2 Å². The molecule has 0 saturated carbocycles. The Bertz CT molecular complexity index is 790. The number of rotatable bonds is 8. The Labute approximate surface area is 158 Å². The van der Waals surface area contributed by atoms with E-state index in [0.717, 1.165) is 4.90 Å². The number of imide groups is 1. The van der Waals surface area contributed by atoms with E-state index in [2.05, 4.69) is 27.8 Å². The fourth-order valence-corrected chi connectivity index (χ4v) is 2.64. The summed E-state index contributed by atoms with van der Waals surface area (Å²) in [6.07, 6.45) is 2.95. The van der Waals surface area contributed by atoms with E-state index in [-0.39, 0.29) is 18.0 Å². The number of halogens is 1. The molecule has 26 heavy (non-hydrogen) atoms. The predicted octanol–water partition coefficient (Wildman–Crippen LogP) is 2.39. The van der Waals surface area contributed by atoms with E-state index in [1.807, 2.05) is 0 Å². The van der Waals surface area contributed by atoms with E-state index in [0.29, 0.717) is 22.4 Å². The minimum Gasteiger partial charge on any atom is -0.490 e. The van der Waals surface area contributed by atoms with E-state index < -0.39 is 24.5 Å².